The van der Waals surface area contributed by atoms with Crippen molar-refractivity contribution < 1.29 is 26.4 Å². The number of nitrogens with one attached hydrogen (secondary N) is 1. The minimum absolute atomic E-state index is 0.0595. The molecule has 14 heteroatoms. The summed E-state index contributed by atoms with van der Waals surface area (Å²) in [7, 11) is -2.57. The molecule has 1 heterocycles. The van der Waals surface area contributed by atoms with Gasteiger partial charge in [0.1, 0.15) is 5.82 Å². The molecule has 0 bridgehead atoms. The van der Waals surface area contributed by atoms with E-state index in [4.69, 9.17) is 17.4 Å². The van der Waals surface area contributed by atoms with Crippen molar-refractivity contribution in [2.45, 2.75) is 50.1 Å². The number of nitrogens with two attached hydrogens (primary N) is 1. The van der Waals surface area contributed by atoms with Crippen LogP contribution in [0.15, 0.2) is 28.3 Å². The summed E-state index contributed by atoms with van der Waals surface area (Å²) in [4.78, 5) is 18.6. The van der Waals surface area contributed by atoms with Gasteiger partial charge in [-0.15, -0.1) is 0 Å². The number of hydrogen-bond acceptors (Lipinski definition) is 7. The Morgan fingerprint density at radius 2 is 1.81 bits per heavy atom. The molecule has 3 rings (SSSR count). The number of alkyl halides is 2. The third kappa shape index (κ3) is 5.84. The molecule has 1 aliphatic carbocycles. The molecule has 1 aromatic rings. The molecular weight excluding hydrogens is 521 g/mol. The van der Waals surface area contributed by atoms with Gasteiger partial charge in [-0.1, -0.05) is 11.6 Å². The normalized spacial score (nSPS) is 22.4. The van der Waals surface area contributed by atoms with Crippen molar-refractivity contribution in [3.63, 3.8) is 0 Å². The Morgan fingerprint density at radius 1 is 1.19 bits per heavy atom. The van der Waals surface area contributed by atoms with Gasteiger partial charge in [-0.05, 0) is 38.0 Å². The van der Waals surface area contributed by atoms with Gasteiger partial charge in [-0.25, -0.2) is 21.6 Å². The first kappa shape index (κ1) is 28.4. The summed E-state index contributed by atoms with van der Waals surface area (Å²) in [5.41, 5.74) is -0.765. The zero-order chi connectivity index (χ0) is 26.7. The van der Waals surface area contributed by atoms with E-state index >= 15 is 0 Å². The lowest BCUT2D eigenvalue weighted by molar-refractivity contribution is -0.0948. The number of rotatable bonds is 6. The lowest BCUT2D eigenvalue weighted by atomic mass is 9.73. The summed E-state index contributed by atoms with van der Waals surface area (Å²) >= 11 is 6.03. The number of hydrogen-bond donors (Lipinski definition) is 2. The Labute approximate surface area is 213 Å². The molecule has 1 saturated heterocycles. The largest absolute Gasteiger partial charge is 0.348 e. The van der Waals surface area contributed by atoms with Gasteiger partial charge in [0.25, 0.3) is 15.9 Å². The molecule has 0 spiro atoms. The molecule has 0 aromatic heterocycles. The fourth-order valence-electron chi connectivity index (χ4n) is 4.94. The second kappa shape index (κ2) is 11.0. The van der Waals surface area contributed by atoms with E-state index in [1.54, 1.807) is 6.92 Å². The minimum atomic E-state index is -3.97. The van der Waals surface area contributed by atoms with Gasteiger partial charge in [0, 0.05) is 57.6 Å². The second-order valence-corrected chi connectivity index (χ2v) is 11.3. The molecule has 3 N–H and O–H groups in total. The number of piperazine rings is 1. The topological polar surface area (TPSA) is 120 Å². The first-order valence-electron chi connectivity index (χ1n) is 11.5. The number of nitrogens with zero attached hydrogens (tertiary/aromatic N) is 4. The number of sulfonamides is 1. The first-order chi connectivity index (χ1) is 16.9. The van der Waals surface area contributed by atoms with Gasteiger partial charge in [0.2, 0.25) is 11.0 Å². The van der Waals surface area contributed by atoms with E-state index in [1.165, 1.54) is 17.4 Å². The first-order valence-corrected chi connectivity index (χ1v) is 13.3. The molecule has 1 unspecified atom stereocenters. The van der Waals surface area contributed by atoms with Gasteiger partial charge in [-0.3, -0.25) is 14.7 Å². The van der Waals surface area contributed by atoms with Crippen LogP contribution in [0.25, 0.3) is 0 Å². The Balaban J connectivity index is 1.81. The molecule has 2 fully saturated rings. The quantitative estimate of drug-likeness (QED) is 0.244. The van der Waals surface area contributed by atoms with Crippen LogP contribution in [0.3, 0.4) is 0 Å². The lowest BCUT2D eigenvalue weighted by Gasteiger charge is -2.53. The van der Waals surface area contributed by atoms with Crippen molar-refractivity contribution in [3.05, 3.63) is 34.6 Å². The summed E-state index contributed by atoms with van der Waals surface area (Å²) in [5.74, 6) is 1.28. The van der Waals surface area contributed by atoms with E-state index in [-0.39, 0.29) is 67.5 Å². The molecule has 0 radical (unpaired) electrons. The zero-order valence-corrected chi connectivity index (χ0v) is 21.6. The van der Waals surface area contributed by atoms with E-state index in [1.807, 2.05) is 4.90 Å². The van der Waals surface area contributed by atoms with Crippen LogP contribution in [-0.4, -0.2) is 85.5 Å². The number of carbonyl (C=O) groups excluding carboxylic acids is 1. The monoisotopic (exact) mass is 550 g/mol. The van der Waals surface area contributed by atoms with Crippen LogP contribution in [0.5, 0.6) is 0 Å². The van der Waals surface area contributed by atoms with Crippen molar-refractivity contribution in [3.8, 4) is 0 Å². The smallest absolute Gasteiger partial charge is 0.263 e. The van der Waals surface area contributed by atoms with Gasteiger partial charge in [0.05, 0.1) is 16.8 Å². The molecule has 1 atom stereocenters. The molecule has 1 amide bonds. The highest BCUT2D eigenvalue weighted by Gasteiger charge is 2.51. The zero-order valence-electron chi connectivity index (χ0n) is 20.1. The number of amides is 1. The highest BCUT2D eigenvalue weighted by molar-refractivity contribution is 8.06. The van der Waals surface area contributed by atoms with Gasteiger partial charge in [0.15, 0.2) is 0 Å². The van der Waals surface area contributed by atoms with Gasteiger partial charge < -0.3 is 11.2 Å². The predicted octanol–water partition coefficient (Wildman–Crippen LogP) is 2.47. The molecule has 36 heavy (non-hydrogen) atoms. The average Bonchev–Trinajstić information content (AvgIpc) is 2.82. The Bertz CT molecular complexity index is 1130. The molecule has 1 aromatic carbocycles. The maximum absolute atomic E-state index is 14.1. The van der Waals surface area contributed by atoms with Crippen LogP contribution >= 0.6 is 11.6 Å². The maximum atomic E-state index is 14.1. The van der Waals surface area contributed by atoms with Crippen LogP contribution < -0.4 is 11.2 Å². The Hall–Kier alpha value is -2.22. The van der Waals surface area contributed by atoms with Gasteiger partial charge in [-0.2, -0.15) is 9.41 Å². The van der Waals surface area contributed by atoms with Crippen LogP contribution in [-0.2, 0) is 10.0 Å². The number of carbonyl (C=O) groups is 1. The van der Waals surface area contributed by atoms with E-state index in [0.717, 1.165) is 18.3 Å². The average molecular weight is 551 g/mol. The summed E-state index contributed by atoms with van der Waals surface area (Å²) in [6.45, 7) is 2.41. The van der Waals surface area contributed by atoms with Crippen molar-refractivity contribution in [1.82, 2.24) is 14.5 Å². The van der Waals surface area contributed by atoms with E-state index in [0.29, 0.717) is 0 Å². The molecule has 1 saturated carbocycles. The highest BCUT2D eigenvalue weighted by Crippen LogP contribution is 2.44. The van der Waals surface area contributed by atoms with E-state index < -0.39 is 39.3 Å². The fourth-order valence-corrected chi connectivity index (χ4v) is 6.47. The van der Waals surface area contributed by atoms with Crippen LogP contribution in [0, 0.1) is 5.82 Å². The SMILES string of the molecule is CN=CC(=NN)S(=O)(=O)N1CCN(C2(C(C)NC(=O)c3ccc(F)cc3Cl)CCC(F)(F)CC2)CC1. The predicted molar refractivity (Wildman–Crippen MR) is 133 cm³/mol. The number of benzene rings is 1. The van der Waals surface area contributed by atoms with Crippen molar-refractivity contribution in [2.75, 3.05) is 33.2 Å². The summed E-state index contributed by atoms with van der Waals surface area (Å²) in [6.07, 6.45) is 0.539. The number of aliphatic imine (C=N–C) groups is 1. The number of halogens is 4. The van der Waals surface area contributed by atoms with E-state index in [9.17, 15) is 26.4 Å². The lowest BCUT2D eigenvalue weighted by Crippen LogP contribution is -2.67. The molecule has 200 valence electrons. The van der Waals surface area contributed by atoms with Crippen LogP contribution in [0.2, 0.25) is 5.02 Å². The Kier molecular flexibility index (Phi) is 8.69. The third-order valence-corrected chi connectivity index (χ3v) is 9.11. The molecule has 1 aliphatic heterocycles. The van der Waals surface area contributed by atoms with Crippen molar-refractivity contribution in [1.29, 1.82) is 0 Å². The van der Waals surface area contributed by atoms with Crippen LogP contribution in [0.4, 0.5) is 13.2 Å². The summed E-state index contributed by atoms with van der Waals surface area (Å²) in [5, 5.41) is 5.75. The second-order valence-electron chi connectivity index (χ2n) is 9.02. The van der Waals surface area contributed by atoms with Gasteiger partial charge >= 0.3 is 0 Å². The minimum Gasteiger partial charge on any atom is -0.348 e. The fraction of sp³-hybridized carbons (Fsp3) is 0.591. The number of hydrazone groups is 1. The van der Waals surface area contributed by atoms with Crippen molar-refractivity contribution >= 4 is 38.8 Å². The summed E-state index contributed by atoms with van der Waals surface area (Å²) < 4.78 is 68.6. The van der Waals surface area contributed by atoms with Crippen molar-refractivity contribution in [2.24, 2.45) is 15.9 Å². The molecule has 9 nitrogen and oxygen atoms in total. The molecule has 2 aliphatic rings. The van der Waals surface area contributed by atoms with E-state index in [2.05, 4.69) is 15.4 Å². The standard InChI is InChI=1S/C22H30ClF3N6O3S/c1-15(29-20(33)17-4-3-16(24)13-18(17)23)21(5-7-22(25,26)8-6-21)31-9-11-32(12-10-31)36(34,35)19(30-27)14-28-2/h3-4,13-15H,5-12,27H2,1-2H3,(H,29,33). The summed E-state index contributed by atoms with van der Waals surface area (Å²) in [6, 6.07) is 2.82. The van der Waals surface area contributed by atoms with Crippen LogP contribution in [0.1, 0.15) is 43.0 Å². The molecular formula is C22H30ClF3N6O3S. The maximum Gasteiger partial charge on any atom is 0.263 e. The Morgan fingerprint density at radius 3 is 2.33 bits per heavy atom. The highest BCUT2D eigenvalue weighted by atomic mass is 35.5. The third-order valence-electron chi connectivity index (χ3n) is 7.02.